The van der Waals surface area contributed by atoms with Gasteiger partial charge in [-0.1, -0.05) is 5.16 Å². The monoisotopic (exact) mass is 261 g/mol. The van der Waals surface area contributed by atoms with Crippen LogP contribution in [0.4, 0.5) is 0 Å². The third kappa shape index (κ3) is 1.80. The van der Waals surface area contributed by atoms with E-state index in [9.17, 15) is 10.2 Å². The van der Waals surface area contributed by atoms with E-state index in [0.717, 1.165) is 0 Å². The zero-order chi connectivity index (χ0) is 12.5. The van der Waals surface area contributed by atoms with Gasteiger partial charge in [0.2, 0.25) is 5.82 Å². The number of phenols is 2. The Morgan fingerprint density at radius 2 is 2.06 bits per heavy atom. The van der Waals surface area contributed by atoms with Crippen LogP contribution in [0.2, 0.25) is 0 Å². The molecule has 2 heterocycles. The van der Waals surface area contributed by atoms with Crippen LogP contribution < -0.4 is 0 Å². The highest BCUT2D eigenvalue weighted by molar-refractivity contribution is 7.07. The Balaban J connectivity index is 2.00. The number of phenolic OH excluding ortho intramolecular Hbond substituents is 2. The van der Waals surface area contributed by atoms with Gasteiger partial charge in [-0.2, -0.15) is 4.98 Å². The summed E-state index contributed by atoms with van der Waals surface area (Å²) in [6.07, 6.45) is 0. The van der Waals surface area contributed by atoms with Crippen LogP contribution in [0, 0.1) is 0 Å². The first-order valence-electron chi connectivity index (χ1n) is 4.98. The number of benzene rings is 1. The summed E-state index contributed by atoms with van der Waals surface area (Å²) in [7, 11) is 0. The molecule has 0 saturated heterocycles. The molecule has 0 radical (unpaired) electrons. The maximum Gasteiger partial charge on any atom is 0.258 e. The van der Waals surface area contributed by atoms with Gasteiger partial charge in [0.1, 0.15) is 5.69 Å². The van der Waals surface area contributed by atoms with Crippen molar-refractivity contribution in [2.24, 2.45) is 0 Å². The van der Waals surface area contributed by atoms with Crippen molar-refractivity contribution in [1.29, 1.82) is 0 Å². The van der Waals surface area contributed by atoms with Gasteiger partial charge >= 0.3 is 0 Å². The maximum absolute atomic E-state index is 9.40. The molecule has 2 N–H and O–H groups in total. The molecule has 0 aliphatic rings. The number of aromatic hydroxyl groups is 2. The van der Waals surface area contributed by atoms with E-state index in [1.54, 1.807) is 11.6 Å². The quantitative estimate of drug-likeness (QED) is 0.687. The molecule has 6 nitrogen and oxygen atoms in total. The minimum Gasteiger partial charge on any atom is -0.504 e. The van der Waals surface area contributed by atoms with Crippen molar-refractivity contribution in [2.75, 3.05) is 0 Å². The number of aromatic nitrogens is 3. The highest BCUT2D eigenvalue weighted by Gasteiger charge is 2.13. The standard InChI is InChI=1S/C11H7N3O3S/c15-8-2-1-6(3-9(8)16)11-13-10(14-17-11)7-4-18-5-12-7/h1-5,15-16H. The van der Waals surface area contributed by atoms with Crippen LogP contribution in [0.15, 0.2) is 33.6 Å². The molecule has 0 saturated carbocycles. The summed E-state index contributed by atoms with van der Waals surface area (Å²) in [4.78, 5) is 8.24. The molecule has 2 aromatic heterocycles. The van der Waals surface area contributed by atoms with Crippen LogP contribution in [0.25, 0.3) is 23.0 Å². The zero-order valence-electron chi connectivity index (χ0n) is 8.94. The summed E-state index contributed by atoms with van der Waals surface area (Å²) in [6, 6.07) is 4.29. The highest BCUT2D eigenvalue weighted by atomic mass is 32.1. The summed E-state index contributed by atoms with van der Waals surface area (Å²) < 4.78 is 5.08. The average molecular weight is 261 g/mol. The van der Waals surface area contributed by atoms with E-state index >= 15 is 0 Å². The van der Waals surface area contributed by atoms with Crippen molar-refractivity contribution in [2.45, 2.75) is 0 Å². The molecule has 0 aliphatic carbocycles. The van der Waals surface area contributed by atoms with Gasteiger partial charge in [-0.15, -0.1) is 11.3 Å². The van der Waals surface area contributed by atoms with Crippen molar-refractivity contribution < 1.29 is 14.7 Å². The second kappa shape index (κ2) is 4.11. The van der Waals surface area contributed by atoms with Crippen molar-refractivity contribution >= 4 is 11.3 Å². The fraction of sp³-hybridized carbons (Fsp3) is 0. The molecule has 1 aromatic carbocycles. The first kappa shape index (κ1) is 10.7. The smallest absolute Gasteiger partial charge is 0.258 e. The summed E-state index contributed by atoms with van der Waals surface area (Å²) >= 11 is 1.44. The van der Waals surface area contributed by atoms with Gasteiger partial charge in [-0.25, -0.2) is 4.98 Å². The Kier molecular flexibility index (Phi) is 2.45. The molecule has 0 spiro atoms. The molecule has 7 heteroatoms. The molecule has 3 rings (SSSR count). The summed E-state index contributed by atoms with van der Waals surface area (Å²) in [5.41, 5.74) is 2.84. The third-order valence-electron chi connectivity index (χ3n) is 2.31. The van der Waals surface area contributed by atoms with Crippen molar-refractivity contribution in [3.63, 3.8) is 0 Å². The van der Waals surface area contributed by atoms with Gasteiger partial charge in [0.25, 0.3) is 5.89 Å². The Morgan fingerprint density at radius 1 is 1.17 bits per heavy atom. The Bertz CT molecular complexity index is 679. The minimum absolute atomic E-state index is 0.196. The highest BCUT2D eigenvalue weighted by Crippen LogP contribution is 2.30. The fourth-order valence-corrected chi connectivity index (χ4v) is 1.95. The molecule has 0 aliphatic heterocycles. The van der Waals surface area contributed by atoms with Crippen LogP contribution in [-0.2, 0) is 0 Å². The van der Waals surface area contributed by atoms with Gasteiger partial charge in [0, 0.05) is 10.9 Å². The lowest BCUT2D eigenvalue weighted by atomic mass is 10.2. The van der Waals surface area contributed by atoms with E-state index < -0.39 is 0 Å². The van der Waals surface area contributed by atoms with Gasteiger partial charge in [-0.3, -0.25) is 0 Å². The number of hydrogen-bond donors (Lipinski definition) is 2. The fourth-order valence-electron chi connectivity index (χ4n) is 1.42. The predicted octanol–water partition coefficient (Wildman–Crippen LogP) is 2.27. The first-order valence-corrected chi connectivity index (χ1v) is 5.93. The van der Waals surface area contributed by atoms with E-state index in [2.05, 4.69) is 15.1 Å². The van der Waals surface area contributed by atoms with Gasteiger partial charge in [0.05, 0.1) is 5.51 Å². The number of rotatable bonds is 2. The Morgan fingerprint density at radius 3 is 2.78 bits per heavy atom. The van der Waals surface area contributed by atoms with E-state index in [1.807, 2.05) is 5.38 Å². The lowest BCUT2D eigenvalue weighted by Crippen LogP contribution is -1.80. The van der Waals surface area contributed by atoms with Crippen LogP contribution >= 0.6 is 11.3 Å². The topological polar surface area (TPSA) is 92.3 Å². The molecule has 0 fully saturated rings. The van der Waals surface area contributed by atoms with E-state index in [-0.39, 0.29) is 17.4 Å². The van der Waals surface area contributed by atoms with Crippen LogP contribution in [0.1, 0.15) is 0 Å². The van der Waals surface area contributed by atoms with Crippen molar-refractivity contribution in [3.8, 4) is 34.5 Å². The molecular weight excluding hydrogens is 254 g/mol. The van der Waals surface area contributed by atoms with Crippen LogP contribution in [0.3, 0.4) is 0 Å². The second-order valence-corrected chi connectivity index (χ2v) is 4.22. The minimum atomic E-state index is -0.235. The van der Waals surface area contributed by atoms with E-state index in [0.29, 0.717) is 17.1 Å². The SMILES string of the molecule is Oc1ccc(-c2nc(-c3cscn3)no2)cc1O. The van der Waals surface area contributed by atoms with E-state index in [4.69, 9.17) is 4.52 Å². The molecule has 0 bridgehead atoms. The van der Waals surface area contributed by atoms with Crippen LogP contribution in [-0.4, -0.2) is 25.3 Å². The first-order chi connectivity index (χ1) is 8.74. The summed E-state index contributed by atoms with van der Waals surface area (Å²) in [6.45, 7) is 0. The Labute approximate surface area is 105 Å². The molecule has 0 atom stereocenters. The van der Waals surface area contributed by atoms with E-state index in [1.165, 1.54) is 23.5 Å². The summed E-state index contributed by atoms with van der Waals surface area (Å²) in [5, 5.41) is 24.2. The zero-order valence-corrected chi connectivity index (χ0v) is 9.76. The van der Waals surface area contributed by atoms with Crippen molar-refractivity contribution in [3.05, 3.63) is 29.1 Å². The predicted molar refractivity (Wildman–Crippen MR) is 64.2 cm³/mol. The molecule has 18 heavy (non-hydrogen) atoms. The largest absolute Gasteiger partial charge is 0.504 e. The molecule has 3 aromatic rings. The summed E-state index contributed by atoms with van der Waals surface area (Å²) in [5.74, 6) is 0.214. The lowest BCUT2D eigenvalue weighted by Gasteiger charge is -1.98. The van der Waals surface area contributed by atoms with Crippen LogP contribution in [0.5, 0.6) is 11.5 Å². The maximum atomic E-state index is 9.40. The molecule has 0 amide bonds. The number of thiazole rings is 1. The second-order valence-electron chi connectivity index (χ2n) is 3.50. The average Bonchev–Trinajstić information content (AvgIpc) is 3.01. The molecule has 90 valence electrons. The normalized spacial score (nSPS) is 10.7. The molecule has 0 unspecified atom stereocenters. The van der Waals surface area contributed by atoms with Gasteiger partial charge < -0.3 is 14.7 Å². The van der Waals surface area contributed by atoms with Gasteiger partial charge in [-0.05, 0) is 18.2 Å². The lowest BCUT2D eigenvalue weighted by molar-refractivity contribution is 0.402. The third-order valence-corrected chi connectivity index (χ3v) is 2.90. The van der Waals surface area contributed by atoms with Gasteiger partial charge in [0.15, 0.2) is 11.5 Å². The number of hydrogen-bond acceptors (Lipinski definition) is 7. The Hall–Kier alpha value is -2.41. The number of nitrogens with zero attached hydrogens (tertiary/aromatic N) is 3. The molecular formula is C11H7N3O3S. The van der Waals surface area contributed by atoms with Crippen molar-refractivity contribution in [1.82, 2.24) is 15.1 Å².